The van der Waals surface area contributed by atoms with E-state index in [1.54, 1.807) is 20.3 Å². The number of dihydropyridines is 1. The van der Waals surface area contributed by atoms with Crippen LogP contribution in [0.25, 0.3) is 10.9 Å². The lowest BCUT2D eigenvalue weighted by Gasteiger charge is -2.45. The Morgan fingerprint density at radius 1 is 1.13 bits per heavy atom. The van der Waals surface area contributed by atoms with E-state index in [4.69, 9.17) is 20.2 Å². The Bertz CT molecular complexity index is 1400. The highest BCUT2D eigenvalue weighted by Crippen LogP contribution is 2.40. The van der Waals surface area contributed by atoms with E-state index in [0.29, 0.717) is 53.8 Å². The number of benzene rings is 2. The second-order valence-corrected chi connectivity index (χ2v) is 9.94. The van der Waals surface area contributed by atoms with E-state index in [2.05, 4.69) is 33.8 Å². The number of para-hydroxylation sites is 1. The van der Waals surface area contributed by atoms with E-state index >= 15 is 0 Å². The summed E-state index contributed by atoms with van der Waals surface area (Å²) in [6.07, 6.45) is 7.91. The number of urea groups is 1. The number of amides is 2. The number of methoxy groups -OCH3 is 2. The van der Waals surface area contributed by atoms with Crippen molar-refractivity contribution in [2.24, 2.45) is 5.41 Å². The summed E-state index contributed by atoms with van der Waals surface area (Å²) < 4.78 is 10.9. The molecule has 0 bridgehead atoms. The number of hydrogen-bond acceptors (Lipinski definition) is 8. The summed E-state index contributed by atoms with van der Waals surface area (Å²) >= 11 is 0. The molecule has 204 valence electrons. The number of hydrogen-bond donors (Lipinski definition) is 3. The van der Waals surface area contributed by atoms with Crippen LogP contribution in [-0.2, 0) is 0 Å². The van der Waals surface area contributed by atoms with Gasteiger partial charge < -0.3 is 35.6 Å². The smallest absolute Gasteiger partial charge is 0.321 e. The van der Waals surface area contributed by atoms with Crippen molar-refractivity contribution in [1.82, 2.24) is 20.2 Å². The van der Waals surface area contributed by atoms with Crippen LogP contribution >= 0.6 is 0 Å². The molecular formula is C29H35N7O3. The molecule has 10 heteroatoms. The van der Waals surface area contributed by atoms with Gasteiger partial charge in [-0.15, -0.1) is 0 Å². The lowest BCUT2D eigenvalue weighted by molar-refractivity contribution is 0.146. The summed E-state index contributed by atoms with van der Waals surface area (Å²) in [5.74, 6) is 2.06. The van der Waals surface area contributed by atoms with E-state index in [1.165, 1.54) is 5.70 Å². The number of fused-ring (bicyclic) bond motifs is 1. The summed E-state index contributed by atoms with van der Waals surface area (Å²) in [6.45, 7) is 2.70. The highest BCUT2D eigenvalue weighted by Gasteiger charge is 2.41. The number of anilines is 3. The van der Waals surface area contributed by atoms with Gasteiger partial charge in [0.1, 0.15) is 5.82 Å². The fraction of sp³-hybridized carbons (Fsp3) is 0.345. The molecule has 1 fully saturated rings. The minimum atomic E-state index is -0.215. The van der Waals surface area contributed by atoms with Crippen LogP contribution in [0.5, 0.6) is 11.5 Å². The first-order chi connectivity index (χ1) is 18.9. The van der Waals surface area contributed by atoms with Crippen LogP contribution in [0, 0.1) is 5.41 Å². The molecule has 10 nitrogen and oxygen atoms in total. The van der Waals surface area contributed by atoms with Crippen molar-refractivity contribution in [1.29, 1.82) is 0 Å². The van der Waals surface area contributed by atoms with Crippen molar-refractivity contribution >= 4 is 34.4 Å². The van der Waals surface area contributed by atoms with Crippen molar-refractivity contribution < 1.29 is 14.3 Å². The number of ether oxygens (including phenoxy) is 2. The summed E-state index contributed by atoms with van der Waals surface area (Å²) in [7, 11) is 5.16. The Labute approximate surface area is 228 Å². The van der Waals surface area contributed by atoms with Crippen LogP contribution in [0.3, 0.4) is 0 Å². The Morgan fingerprint density at radius 3 is 2.51 bits per heavy atom. The predicted octanol–water partition coefficient (Wildman–Crippen LogP) is 4.02. The quantitative estimate of drug-likeness (QED) is 0.420. The SMILES string of the molecule is COc1cc2nc(N(C)CC3(C4=CC=CCN4)CCN(C(=O)Nc4ccccc4)CC3)nc(N)c2cc1OC. The van der Waals surface area contributed by atoms with E-state index in [0.717, 1.165) is 25.1 Å². The van der Waals surface area contributed by atoms with Crippen LogP contribution in [0.4, 0.5) is 22.2 Å². The van der Waals surface area contributed by atoms with Crippen LogP contribution in [0.1, 0.15) is 12.8 Å². The second kappa shape index (κ2) is 11.1. The van der Waals surface area contributed by atoms with Gasteiger partial charge in [0.15, 0.2) is 11.5 Å². The van der Waals surface area contributed by atoms with E-state index < -0.39 is 0 Å². The molecule has 3 aromatic rings. The van der Waals surface area contributed by atoms with Gasteiger partial charge in [-0.1, -0.05) is 30.4 Å². The third-order valence-electron chi connectivity index (χ3n) is 7.51. The summed E-state index contributed by atoms with van der Waals surface area (Å²) in [5, 5.41) is 7.29. The molecule has 2 aromatic carbocycles. The van der Waals surface area contributed by atoms with Gasteiger partial charge in [0.25, 0.3) is 0 Å². The number of nitrogens with one attached hydrogen (secondary N) is 2. The standard InChI is InChI=1S/C29H35N7O3/c1-35(27-33-22-18-24(39-3)23(38-2)17-21(22)26(30)34-27)19-29(25-11-7-8-14-31-25)12-15-36(16-13-29)28(37)32-20-9-5-4-6-10-20/h4-11,17-18,31H,12-16,19H2,1-3H3,(H,32,37)(H2,30,33,34). The number of nitrogen functional groups attached to an aromatic ring is 1. The van der Waals surface area contributed by atoms with Crippen molar-refractivity contribution in [2.45, 2.75) is 12.8 Å². The molecule has 39 heavy (non-hydrogen) atoms. The van der Waals surface area contributed by atoms with Gasteiger partial charge in [-0.25, -0.2) is 9.78 Å². The average Bonchev–Trinajstić information content (AvgIpc) is 2.97. The molecule has 0 saturated carbocycles. The lowest BCUT2D eigenvalue weighted by atomic mass is 9.74. The molecule has 3 heterocycles. The minimum absolute atomic E-state index is 0.0800. The number of likely N-dealkylation sites (tertiary alicyclic amines) is 1. The molecule has 2 aliphatic heterocycles. The molecule has 2 aliphatic rings. The van der Waals surface area contributed by atoms with Crippen molar-refractivity contribution in [3.8, 4) is 11.5 Å². The van der Waals surface area contributed by atoms with Gasteiger partial charge in [-0.2, -0.15) is 4.98 Å². The average molecular weight is 530 g/mol. The zero-order chi connectivity index (χ0) is 27.4. The maximum atomic E-state index is 13.0. The van der Waals surface area contributed by atoms with Crippen molar-refractivity contribution in [3.63, 3.8) is 0 Å². The maximum Gasteiger partial charge on any atom is 0.321 e. The Hall–Kier alpha value is -4.47. The summed E-state index contributed by atoms with van der Waals surface area (Å²) in [5.41, 5.74) is 8.80. The topological polar surface area (TPSA) is 118 Å². The number of carbonyl (C=O) groups excluding carboxylic acids is 1. The van der Waals surface area contributed by atoms with Crippen molar-refractivity contribution in [2.75, 3.05) is 63.4 Å². The van der Waals surface area contributed by atoms with Gasteiger partial charge in [0, 0.05) is 61.5 Å². The first kappa shape index (κ1) is 26.1. The van der Waals surface area contributed by atoms with Crippen LogP contribution in [0.15, 0.2) is 66.4 Å². The number of carbonyl (C=O) groups is 1. The summed E-state index contributed by atoms with van der Waals surface area (Å²) in [4.78, 5) is 26.4. The van der Waals surface area contributed by atoms with Crippen LogP contribution < -0.4 is 30.7 Å². The minimum Gasteiger partial charge on any atom is -0.493 e. The molecule has 0 aliphatic carbocycles. The molecule has 0 unspecified atom stereocenters. The van der Waals surface area contributed by atoms with E-state index in [9.17, 15) is 4.79 Å². The number of nitrogens with zero attached hydrogens (tertiary/aromatic N) is 4. The number of allylic oxidation sites excluding steroid dienone is 2. The Morgan fingerprint density at radius 2 is 1.85 bits per heavy atom. The van der Waals surface area contributed by atoms with Crippen LogP contribution in [-0.4, -0.2) is 68.3 Å². The normalized spacial score (nSPS) is 16.3. The molecule has 2 amide bonds. The first-order valence-corrected chi connectivity index (χ1v) is 13.0. The largest absolute Gasteiger partial charge is 0.493 e. The molecule has 5 rings (SSSR count). The molecule has 4 N–H and O–H groups in total. The summed E-state index contributed by atoms with van der Waals surface area (Å²) in [6, 6.07) is 13.1. The monoisotopic (exact) mass is 529 g/mol. The maximum absolute atomic E-state index is 13.0. The van der Waals surface area contributed by atoms with Gasteiger partial charge in [-0.3, -0.25) is 0 Å². The molecule has 1 aromatic heterocycles. The highest BCUT2D eigenvalue weighted by atomic mass is 16.5. The third kappa shape index (κ3) is 5.41. The van der Waals surface area contributed by atoms with Gasteiger partial charge in [-0.05, 0) is 37.1 Å². The number of aromatic nitrogens is 2. The predicted molar refractivity (Wildman–Crippen MR) is 154 cm³/mol. The molecule has 0 radical (unpaired) electrons. The fourth-order valence-electron chi connectivity index (χ4n) is 5.36. The second-order valence-electron chi connectivity index (χ2n) is 9.94. The molecule has 0 atom stereocenters. The van der Waals surface area contributed by atoms with Gasteiger partial charge >= 0.3 is 6.03 Å². The molecule has 1 saturated heterocycles. The highest BCUT2D eigenvalue weighted by molar-refractivity contribution is 5.92. The first-order valence-electron chi connectivity index (χ1n) is 13.0. The zero-order valence-corrected chi connectivity index (χ0v) is 22.6. The lowest BCUT2D eigenvalue weighted by Crippen LogP contribution is -2.51. The Kier molecular flexibility index (Phi) is 7.44. The number of nitrogens with two attached hydrogens (primary N) is 1. The van der Waals surface area contributed by atoms with Crippen molar-refractivity contribution in [3.05, 3.63) is 66.4 Å². The van der Waals surface area contributed by atoms with Gasteiger partial charge in [0.2, 0.25) is 5.95 Å². The third-order valence-corrected chi connectivity index (χ3v) is 7.51. The number of piperidine rings is 1. The fourth-order valence-corrected chi connectivity index (χ4v) is 5.36. The zero-order valence-electron chi connectivity index (χ0n) is 22.6. The van der Waals surface area contributed by atoms with Gasteiger partial charge in [0.05, 0.1) is 19.7 Å². The molecular weight excluding hydrogens is 494 g/mol. The Balaban J connectivity index is 1.38. The van der Waals surface area contributed by atoms with E-state index in [1.807, 2.05) is 53.2 Å². The number of rotatable bonds is 7. The van der Waals surface area contributed by atoms with Crippen LogP contribution in [0.2, 0.25) is 0 Å². The molecule has 0 spiro atoms. The van der Waals surface area contributed by atoms with E-state index in [-0.39, 0.29) is 11.4 Å².